The molecule has 2 aromatic heterocycles. The van der Waals surface area contributed by atoms with Gasteiger partial charge in [0.15, 0.2) is 0 Å². The Morgan fingerprint density at radius 1 is 1.29 bits per heavy atom. The van der Waals surface area contributed by atoms with Crippen molar-refractivity contribution in [2.75, 3.05) is 17.6 Å². The predicted octanol–water partition coefficient (Wildman–Crippen LogP) is 2.21. The molecule has 5 nitrogen and oxygen atoms in total. The first kappa shape index (κ1) is 11.6. The highest BCUT2D eigenvalue weighted by Gasteiger charge is 2.04. The Balaban J connectivity index is 2.20. The molecule has 0 bridgehead atoms. The SMILES string of the molecule is CCCCCNc1nc(N)nc2cnccc12. The third-order valence-electron chi connectivity index (χ3n) is 2.59. The maximum absolute atomic E-state index is 5.67. The van der Waals surface area contributed by atoms with Crippen LogP contribution in [0.5, 0.6) is 0 Å². The molecule has 0 aliphatic heterocycles. The van der Waals surface area contributed by atoms with E-state index in [1.807, 2.05) is 6.07 Å². The van der Waals surface area contributed by atoms with Gasteiger partial charge in [-0.05, 0) is 12.5 Å². The van der Waals surface area contributed by atoms with Crippen molar-refractivity contribution in [2.45, 2.75) is 26.2 Å². The van der Waals surface area contributed by atoms with E-state index >= 15 is 0 Å². The molecule has 0 aromatic carbocycles. The molecular formula is C12H17N5. The van der Waals surface area contributed by atoms with Gasteiger partial charge in [-0.15, -0.1) is 0 Å². The standard InChI is InChI=1S/C12H17N5/c1-2-3-4-6-15-11-9-5-7-14-8-10(9)16-12(13)17-11/h5,7-8H,2-4,6H2,1H3,(H3,13,15,16,17). The molecule has 0 amide bonds. The average Bonchev–Trinajstić information content (AvgIpc) is 2.34. The highest BCUT2D eigenvalue weighted by Crippen LogP contribution is 2.19. The van der Waals surface area contributed by atoms with Crippen LogP contribution in [0.2, 0.25) is 0 Å². The highest BCUT2D eigenvalue weighted by atomic mass is 15.1. The van der Waals surface area contributed by atoms with Gasteiger partial charge in [-0.25, -0.2) is 4.98 Å². The van der Waals surface area contributed by atoms with E-state index in [0.717, 1.165) is 29.7 Å². The lowest BCUT2D eigenvalue weighted by atomic mass is 10.2. The van der Waals surface area contributed by atoms with Crippen molar-refractivity contribution in [2.24, 2.45) is 0 Å². The van der Waals surface area contributed by atoms with E-state index in [4.69, 9.17) is 5.73 Å². The lowest BCUT2D eigenvalue weighted by molar-refractivity contribution is 0.743. The van der Waals surface area contributed by atoms with Crippen LogP contribution in [0.25, 0.3) is 10.9 Å². The number of fused-ring (bicyclic) bond motifs is 1. The van der Waals surface area contributed by atoms with Crippen molar-refractivity contribution in [1.29, 1.82) is 0 Å². The van der Waals surface area contributed by atoms with Gasteiger partial charge in [0.25, 0.3) is 0 Å². The van der Waals surface area contributed by atoms with Crippen molar-refractivity contribution in [3.8, 4) is 0 Å². The summed E-state index contributed by atoms with van der Waals surface area (Å²) in [5.74, 6) is 1.08. The number of nitrogen functional groups attached to an aromatic ring is 1. The first-order valence-electron chi connectivity index (χ1n) is 5.92. The number of nitrogens with zero attached hydrogens (tertiary/aromatic N) is 3. The van der Waals surface area contributed by atoms with E-state index < -0.39 is 0 Å². The van der Waals surface area contributed by atoms with Crippen LogP contribution >= 0.6 is 0 Å². The quantitative estimate of drug-likeness (QED) is 0.771. The second-order valence-corrected chi connectivity index (χ2v) is 3.96. The summed E-state index contributed by atoms with van der Waals surface area (Å²) in [5.41, 5.74) is 6.44. The maximum Gasteiger partial charge on any atom is 0.222 e. The maximum atomic E-state index is 5.67. The second-order valence-electron chi connectivity index (χ2n) is 3.96. The Bertz CT molecular complexity index is 497. The molecule has 0 spiro atoms. The van der Waals surface area contributed by atoms with E-state index in [1.54, 1.807) is 12.4 Å². The normalized spacial score (nSPS) is 10.6. The molecule has 17 heavy (non-hydrogen) atoms. The fraction of sp³-hybridized carbons (Fsp3) is 0.417. The lowest BCUT2D eigenvalue weighted by Crippen LogP contribution is -2.06. The molecule has 0 atom stereocenters. The minimum atomic E-state index is 0.281. The van der Waals surface area contributed by atoms with Gasteiger partial charge >= 0.3 is 0 Å². The van der Waals surface area contributed by atoms with Crippen LogP contribution in [0.4, 0.5) is 11.8 Å². The molecule has 0 saturated carbocycles. The smallest absolute Gasteiger partial charge is 0.222 e. The Labute approximate surface area is 100 Å². The van der Waals surface area contributed by atoms with Gasteiger partial charge in [-0.2, -0.15) is 4.98 Å². The van der Waals surface area contributed by atoms with Crippen LogP contribution in [0.15, 0.2) is 18.5 Å². The molecule has 2 aromatic rings. The molecular weight excluding hydrogens is 214 g/mol. The van der Waals surface area contributed by atoms with Crippen LogP contribution in [-0.4, -0.2) is 21.5 Å². The fourth-order valence-corrected chi connectivity index (χ4v) is 1.72. The van der Waals surface area contributed by atoms with Gasteiger partial charge in [-0.3, -0.25) is 4.98 Å². The van der Waals surface area contributed by atoms with Crippen molar-refractivity contribution < 1.29 is 0 Å². The van der Waals surface area contributed by atoms with Gasteiger partial charge in [0.05, 0.1) is 11.7 Å². The number of hydrogen-bond donors (Lipinski definition) is 2. The molecule has 0 unspecified atom stereocenters. The summed E-state index contributed by atoms with van der Waals surface area (Å²) in [5, 5.41) is 4.27. The number of nitrogens with two attached hydrogens (primary N) is 1. The van der Waals surface area contributed by atoms with E-state index in [0.29, 0.717) is 0 Å². The summed E-state index contributed by atoms with van der Waals surface area (Å²) in [6.45, 7) is 3.09. The summed E-state index contributed by atoms with van der Waals surface area (Å²) < 4.78 is 0. The summed E-state index contributed by atoms with van der Waals surface area (Å²) in [6, 6.07) is 1.90. The molecule has 0 saturated heterocycles. The molecule has 0 aliphatic carbocycles. The Morgan fingerprint density at radius 3 is 3.00 bits per heavy atom. The van der Waals surface area contributed by atoms with Crippen molar-refractivity contribution >= 4 is 22.7 Å². The van der Waals surface area contributed by atoms with Crippen LogP contribution in [0.1, 0.15) is 26.2 Å². The van der Waals surface area contributed by atoms with Gasteiger partial charge in [0, 0.05) is 18.1 Å². The topological polar surface area (TPSA) is 76.7 Å². The fourth-order valence-electron chi connectivity index (χ4n) is 1.72. The largest absolute Gasteiger partial charge is 0.369 e. The Hall–Kier alpha value is -1.91. The number of hydrogen-bond acceptors (Lipinski definition) is 5. The van der Waals surface area contributed by atoms with Gasteiger partial charge in [-0.1, -0.05) is 19.8 Å². The summed E-state index contributed by atoms with van der Waals surface area (Å²) >= 11 is 0. The van der Waals surface area contributed by atoms with Crippen LogP contribution in [-0.2, 0) is 0 Å². The Morgan fingerprint density at radius 2 is 2.18 bits per heavy atom. The third kappa shape index (κ3) is 2.81. The molecule has 5 heteroatoms. The Kier molecular flexibility index (Phi) is 3.69. The van der Waals surface area contributed by atoms with Crippen LogP contribution < -0.4 is 11.1 Å². The summed E-state index contributed by atoms with van der Waals surface area (Å²) in [4.78, 5) is 12.4. The van der Waals surface area contributed by atoms with Crippen molar-refractivity contribution in [3.05, 3.63) is 18.5 Å². The molecule has 0 fully saturated rings. The monoisotopic (exact) mass is 231 g/mol. The first-order chi connectivity index (χ1) is 8.31. The van der Waals surface area contributed by atoms with Gasteiger partial charge < -0.3 is 11.1 Å². The zero-order valence-corrected chi connectivity index (χ0v) is 9.98. The number of rotatable bonds is 5. The van der Waals surface area contributed by atoms with E-state index in [-0.39, 0.29) is 5.95 Å². The number of nitrogens with one attached hydrogen (secondary N) is 1. The zero-order chi connectivity index (χ0) is 12.1. The number of anilines is 2. The minimum absolute atomic E-state index is 0.281. The van der Waals surface area contributed by atoms with Crippen molar-refractivity contribution in [1.82, 2.24) is 15.0 Å². The highest BCUT2D eigenvalue weighted by molar-refractivity contribution is 5.89. The summed E-state index contributed by atoms with van der Waals surface area (Å²) in [7, 11) is 0. The molecule has 90 valence electrons. The second kappa shape index (κ2) is 5.43. The first-order valence-corrected chi connectivity index (χ1v) is 5.92. The number of unbranched alkanes of at least 4 members (excludes halogenated alkanes) is 2. The average molecular weight is 231 g/mol. The third-order valence-corrected chi connectivity index (χ3v) is 2.59. The zero-order valence-electron chi connectivity index (χ0n) is 9.98. The van der Waals surface area contributed by atoms with Gasteiger partial charge in [0.1, 0.15) is 5.82 Å². The van der Waals surface area contributed by atoms with Crippen molar-refractivity contribution in [3.63, 3.8) is 0 Å². The molecule has 2 heterocycles. The number of pyridine rings is 1. The van der Waals surface area contributed by atoms with E-state index in [9.17, 15) is 0 Å². The lowest BCUT2D eigenvalue weighted by Gasteiger charge is -2.08. The number of aromatic nitrogens is 3. The van der Waals surface area contributed by atoms with Gasteiger partial charge in [0.2, 0.25) is 5.95 Å². The van der Waals surface area contributed by atoms with E-state index in [2.05, 4.69) is 27.2 Å². The predicted molar refractivity (Wildman–Crippen MR) is 69.8 cm³/mol. The minimum Gasteiger partial charge on any atom is -0.369 e. The molecule has 0 aliphatic rings. The van der Waals surface area contributed by atoms with Crippen LogP contribution in [0.3, 0.4) is 0 Å². The van der Waals surface area contributed by atoms with Crippen LogP contribution in [0, 0.1) is 0 Å². The molecule has 3 N–H and O–H groups in total. The van der Waals surface area contributed by atoms with E-state index in [1.165, 1.54) is 12.8 Å². The summed E-state index contributed by atoms with van der Waals surface area (Å²) in [6.07, 6.45) is 6.99. The molecule has 0 radical (unpaired) electrons. The molecule has 2 rings (SSSR count).